The van der Waals surface area contributed by atoms with Crippen LogP contribution in [-0.4, -0.2) is 49.2 Å². The zero-order chi connectivity index (χ0) is 13.3. The van der Waals surface area contributed by atoms with Crippen molar-refractivity contribution >= 4 is 11.6 Å². The first-order chi connectivity index (χ1) is 8.49. The van der Waals surface area contributed by atoms with Crippen LogP contribution in [0.5, 0.6) is 11.5 Å². The summed E-state index contributed by atoms with van der Waals surface area (Å²) in [4.78, 5) is 15.8. The molecular formula is C13H18N2O3. The molecule has 0 fully saturated rings. The third kappa shape index (κ3) is 2.41. The van der Waals surface area contributed by atoms with Crippen LogP contribution in [0, 0.1) is 0 Å². The van der Waals surface area contributed by atoms with Crippen molar-refractivity contribution in [3.05, 3.63) is 18.2 Å². The zero-order valence-electron chi connectivity index (χ0n) is 10.9. The van der Waals surface area contributed by atoms with Crippen LogP contribution in [0.3, 0.4) is 0 Å². The average molecular weight is 250 g/mol. The summed E-state index contributed by atoms with van der Waals surface area (Å²) < 4.78 is 5.50. The van der Waals surface area contributed by atoms with E-state index in [1.165, 1.54) is 0 Å². The van der Waals surface area contributed by atoms with Gasteiger partial charge < -0.3 is 19.6 Å². The first kappa shape index (κ1) is 12.7. The highest BCUT2D eigenvalue weighted by Gasteiger charge is 2.31. The van der Waals surface area contributed by atoms with Crippen molar-refractivity contribution in [2.24, 2.45) is 0 Å². The van der Waals surface area contributed by atoms with Gasteiger partial charge in [0.15, 0.2) is 6.10 Å². The number of benzene rings is 1. The van der Waals surface area contributed by atoms with E-state index >= 15 is 0 Å². The molecule has 0 spiro atoms. The quantitative estimate of drug-likeness (QED) is 0.871. The standard InChI is InChI=1S/C13H18N2O3/c1-9-13(17)15(7-6-14(2)3)11-5-4-10(16)8-12(11)18-9/h4-5,8-9,16H,6-7H2,1-3H3. The number of phenols is 1. The Morgan fingerprint density at radius 3 is 2.83 bits per heavy atom. The average Bonchev–Trinajstić information content (AvgIpc) is 2.29. The third-order valence-corrected chi connectivity index (χ3v) is 2.92. The number of fused-ring (bicyclic) bond motifs is 1. The van der Waals surface area contributed by atoms with Gasteiger partial charge >= 0.3 is 0 Å². The molecule has 1 N–H and O–H groups in total. The number of anilines is 1. The highest BCUT2D eigenvalue weighted by molar-refractivity contribution is 5.99. The maximum atomic E-state index is 12.1. The number of aromatic hydroxyl groups is 1. The normalized spacial score (nSPS) is 18.8. The van der Waals surface area contributed by atoms with E-state index in [1.54, 1.807) is 30.0 Å². The molecule has 0 bridgehead atoms. The van der Waals surface area contributed by atoms with E-state index in [4.69, 9.17) is 4.74 Å². The van der Waals surface area contributed by atoms with Gasteiger partial charge in [-0.3, -0.25) is 4.79 Å². The van der Waals surface area contributed by atoms with Gasteiger partial charge in [-0.2, -0.15) is 0 Å². The number of carbonyl (C=O) groups is 1. The van der Waals surface area contributed by atoms with Crippen molar-refractivity contribution in [2.75, 3.05) is 32.1 Å². The summed E-state index contributed by atoms with van der Waals surface area (Å²) in [5.41, 5.74) is 0.720. The minimum Gasteiger partial charge on any atom is -0.508 e. The summed E-state index contributed by atoms with van der Waals surface area (Å²) in [5.74, 6) is 0.652. The van der Waals surface area contributed by atoms with Gasteiger partial charge in [-0.25, -0.2) is 0 Å². The van der Waals surface area contributed by atoms with Gasteiger partial charge in [-0.05, 0) is 33.2 Å². The number of ether oxygens (including phenoxy) is 1. The molecule has 0 saturated heterocycles. The van der Waals surface area contributed by atoms with Crippen LogP contribution in [0.1, 0.15) is 6.92 Å². The maximum absolute atomic E-state index is 12.1. The van der Waals surface area contributed by atoms with E-state index < -0.39 is 6.10 Å². The Bertz CT molecular complexity index is 460. The Hall–Kier alpha value is -1.75. The number of likely N-dealkylation sites (N-methyl/N-ethyl adjacent to an activating group) is 1. The Morgan fingerprint density at radius 2 is 2.17 bits per heavy atom. The van der Waals surface area contributed by atoms with E-state index in [2.05, 4.69) is 0 Å². The lowest BCUT2D eigenvalue weighted by atomic mass is 10.2. The van der Waals surface area contributed by atoms with Gasteiger partial charge in [0.1, 0.15) is 11.5 Å². The molecule has 1 aliphatic heterocycles. The van der Waals surface area contributed by atoms with E-state index in [0.717, 1.165) is 12.2 Å². The minimum absolute atomic E-state index is 0.0463. The molecule has 5 heteroatoms. The van der Waals surface area contributed by atoms with Crippen molar-refractivity contribution in [1.29, 1.82) is 0 Å². The van der Waals surface area contributed by atoms with Crippen molar-refractivity contribution in [3.63, 3.8) is 0 Å². The summed E-state index contributed by atoms with van der Waals surface area (Å²) in [5, 5.41) is 9.45. The van der Waals surface area contributed by atoms with Crippen molar-refractivity contribution < 1.29 is 14.6 Å². The number of hydrogen-bond acceptors (Lipinski definition) is 4. The van der Waals surface area contributed by atoms with Crippen LogP contribution in [0.25, 0.3) is 0 Å². The van der Waals surface area contributed by atoms with Crippen molar-refractivity contribution in [2.45, 2.75) is 13.0 Å². The van der Waals surface area contributed by atoms with Crippen LogP contribution >= 0.6 is 0 Å². The topological polar surface area (TPSA) is 53.0 Å². The number of amides is 1. The fourth-order valence-corrected chi connectivity index (χ4v) is 1.93. The van der Waals surface area contributed by atoms with Gasteiger partial charge in [0, 0.05) is 19.2 Å². The third-order valence-electron chi connectivity index (χ3n) is 2.92. The minimum atomic E-state index is -0.513. The zero-order valence-corrected chi connectivity index (χ0v) is 10.9. The molecular weight excluding hydrogens is 232 g/mol. The molecule has 1 atom stereocenters. The van der Waals surface area contributed by atoms with Gasteiger partial charge in [-0.15, -0.1) is 0 Å². The van der Waals surface area contributed by atoms with Crippen LogP contribution in [0.2, 0.25) is 0 Å². The highest BCUT2D eigenvalue weighted by atomic mass is 16.5. The summed E-state index contributed by atoms with van der Waals surface area (Å²) >= 11 is 0. The van der Waals surface area contributed by atoms with Crippen LogP contribution in [0.15, 0.2) is 18.2 Å². The van der Waals surface area contributed by atoms with Gasteiger partial charge in [0.25, 0.3) is 5.91 Å². The Kier molecular flexibility index (Phi) is 3.43. The molecule has 0 aliphatic carbocycles. The molecule has 1 amide bonds. The largest absolute Gasteiger partial charge is 0.508 e. The molecule has 1 unspecified atom stereocenters. The lowest BCUT2D eigenvalue weighted by Gasteiger charge is -2.33. The second-order valence-electron chi connectivity index (χ2n) is 4.71. The monoisotopic (exact) mass is 250 g/mol. The Morgan fingerprint density at radius 1 is 1.44 bits per heavy atom. The molecule has 0 saturated carbocycles. The van der Waals surface area contributed by atoms with E-state index in [0.29, 0.717) is 12.3 Å². The maximum Gasteiger partial charge on any atom is 0.267 e. The predicted octanol–water partition coefficient (Wildman–Crippen LogP) is 1.07. The van der Waals surface area contributed by atoms with Crippen molar-refractivity contribution in [3.8, 4) is 11.5 Å². The Labute approximate surface area is 107 Å². The van der Waals surface area contributed by atoms with Crippen LogP contribution in [-0.2, 0) is 4.79 Å². The predicted molar refractivity (Wildman–Crippen MR) is 69.1 cm³/mol. The SMILES string of the molecule is CC1Oc2cc(O)ccc2N(CCN(C)C)C1=O. The molecule has 1 aromatic carbocycles. The number of hydrogen-bond donors (Lipinski definition) is 1. The summed E-state index contributed by atoms with van der Waals surface area (Å²) in [6.45, 7) is 3.11. The summed E-state index contributed by atoms with van der Waals surface area (Å²) in [7, 11) is 3.93. The molecule has 98 valence electrons. The number of rotatable bonds is 3. The van der Waals surface area contributed by atoms with Gasteiger partial charge in [0.2, 0.25) is 0 Å². The molecule has 1 aromatic rings. The highest BCUT2D eigenvalue weighted by Crippen LogP contribution is 2.36. The second kappa shape index (κ2) is 4.86. The van der Waals surface area contributed by atoms with Crippen LogP contribution < -0.4 is 9.64 Å². The van der Waals surface area contributed by atoms with Gasteiger partial charge in [0.05, 0.1) is 5.69 Å². The lowest BCUT2D eigenvalue weighted by Crippen LogP contribution is -2.46. The first-order valence-corrected chi connectivity index (χ1v) is 5.95. The number of phenolic OH excluding ortho intramolecular Hbond substituents is 1. The second-order valence-corrected chi connectivity index (χ2v) is 4.71. The number of nitrogens with zero attached hydrogens (tertiary/aromatic N) is 2. The van der Waals surface area contributed by atoms with E-state index in [1.807, 2.05) is 19.0 Å². The first-order valence-electron chi connectivity index (χ1n) is 5.95. The summed E-state index contributed by atoms with van der Waals surface area (Å²) in [6.07, 6.45) is -0.513. The molecule has 2 rings (SSSR count). The smallest absolute Gasteiger partial charge is 0.267 e. The van der Waals surface area contributed by atoms with Gasteiger partial charge in [-0.1, -0.05) is 0 Å². The van der Waals surface area contributed by atoms with Crippen molar-refractivity contribution in [1.82, 2.24) is 4.90 Å². The molecule has 5 nitrogen and oxygen atoms in total. The fraction of sp³-hybridized carbons (Fsp3) is 0.462. The Balaban J connectivity index is 2.30. The summed E-state index contributed by atoms with van der Waals surface area (Å²) in [6, 6.07) is 4.82. The number of carbonyl (C=O) groups excluding carboxylic acids is 1. The molecule has 1 heterocycles. The molecule has 0 radical (unpaired) electrons. The fourth-order valence-electron chi connectivity index (χ4n) is 1.93. The van der Waals surface area contributed by atoms with E-state index in [-0.39, 0.29) is 11.7 Å². The molecule has 1 aliphatic rings. The van der Waals surface area contributed by atoms with E-state index in [9.17, 15) is 9.90 Å². The lowest BCUT2D eigenvalue weighted by molar-refractivity contribution is -0.125. The molecule has 0 aromatic heterocycles. The van der Waals surface area contributed by atoms with Crippen LogP contribution in [0.4, 0.5) is 5.69 Å². The molecule has 18 heavy (non-hydrogen) atoms.